The molecule has 0 aliphatic carbocycles. The van der Waals surface area contributed by atoms with Gasteiger partial charge in [0, 0.05) is 6.92 Å². The van der Waals surface area contributed by atoms with Crippen molar-refractivity contribution in [2.24, 2.45) is 0 Å². The molecule has 0 saturated carbocycles. The maximum Gasteiger partial charge on any atom is 0.308 e. The van der Waals surface area contributed by atoms with E-state index in [2.05, 4.69) is 0 Å². The molecule has 0 N–H and O–H groups in total. The summed E-state index contributed by atoms with van der Waals surface area (Å²) >= 11 is 0. The van der Waals surface area contributed by atoms with Crippen molar-refractivity contribution in [2.45, 2.75) is 57.0 Å². The van der Waals surface area contributed by atoms with Crippen molar-refractivity contribution in [3.05, 3.63) is 65.7 Å². The van der Waals surface area contributed by atoms with E-state index >= 15 is 0 Å². The SMILES string of the molecule is CC(=O)Oc1cccc(C2(C)OC2(C)C(=O)C2(C)OC2(C)c2ccccc2)c1. The van der Waals surface area contributed by atoms with Gasteiger partial charge in [-0.25, -0.2) is 0 Å². The molecule has 146 valence electrons. The average molecular weight is 380 g/mol. The van der Waals surface area contributed by atoms with Crippen LogP contribution in [-0.4, -0.2) is 23.0 Å². The quantitative estimate of drug-likeness (QED) is 0.447. The minimum Gasteiger partial charge on any atom is -0.427 e. The first-order valence-corrected chi connectivity index (χ1v) is 9.37. The molecule has 4 unspecified atom stereocenters. The summed E-state index contributed by atoms with van der Waals surface area (Å²) in [6, 6.07) is 16.9. The van der Waals surface area contributed by atoms with Gasteiger partial charge in [-0.3, -0.25) is 9.59 Å². The van der Waals surface area contributed by atoms with Crippen LogP contribution in [0.5, 0.6) is 5.75 Å². The summed E-state index contributed by atoms with van der Waals surface area (Å²) in [6.45, 7) is 8.79. The fraction of sp³-hybridized carbons (Fsp3) is 0.391. The van der Waals surface area contributed by atoms with E-state index in [1.807, 2.05) is 57.2 Å². The van der Waals surface area contributed by atoms with E-state index in [1.165, 1.54) is 6.92 Å². The summed E-state index contributed by atoms with van der Waals surface area (Å²) in [5, 5.41) is 0. The fourth-order valence-corrected chi connectivity index (χ4v) is 4.19. The van der Waals surface area contributed by atoms with Crippen molar-refractivity contribution in [3.63, 3.8) is 0 Å². The summed E-state index contributed by atoms with van der Waals surface area (Å²) in [5.74, 6) is -0.0540. The molecule has 2 aromatic carbocycles. The molecule has 0 amide bonds. The number of benzene rings is 2. The van der Waals surface area contributed by atoms with Crippen LogP contribution in [0.4, 0.5) is 0 Å². The summed E-state index contributed by atoms with van der Waals surface area (Å²) in [7, 11) is 0. The van der Waals surface area contributed by atoms with Crippen molar-refractivity contribution < 1.29 is 23.8 Å². The largest absolute Gasteiger partial charge is 0.427 e. The first kappa shape index (κ1) is 18.8. The molecule has 0 radical (unpaired) electrons. The number of ether oxygens (including phenoxy) is 3. The van der Waals surface area contributed by atoms with Gasteiger partial charge >= 0.3 is 5.97 Å². The Labute approximate surface area is 164 Å². The molecule has 0 bridgehead atoms. The second-order valence-corrected chi connectivity index (χ2v) is 8.15. The van der Waals surface area contributed by atoms with Crippen LogP contribution in [0.15, 0.2) is 54.6 Å². The Hall–Kier alpha value is -2.50. The monoisotopic (exact) mass is 380 g/mol. The molecule has 2 aliphatic rings. The number of esters is 1. The van der Waals surface area contributed by atoms with Gasteiger partial charge in [0.15, 0.2) is 11.2 Å². The van der Waals surface area contributed by atoms with E-state index in [4.69, 9.17) is 14.2 Å². The molecule has 4 rings (SSSR count). The maximum atomic E-state index is 13.5. The molecular weight excluding hydrogens is 356 g/mol. The van der Waals surface area contributed by atoms with Crippen LogP contribution in [0.1, 0.15) is 45.7 Å². The van der Waals surface area contributed by atoms with Crippen molar-refractivity contribution in [2.75, 3.05) is 0 Å². The predicted octanol–water partition coefficient (Wildman–Crippen LogP) is 3.89. The number of carbonyl (C=O) groups excluding carboxylic acids is 2. The lowest BCUT2D eigenvalue weighted by Crippen LogP contribution is -2.41. The average Bonchev–Trinajstić information content (AvgIpc) is 3.46. The third-order valence-electron chi connectivity index (χ3n) is 6.39. The first-order valence-electron chi connectivity index (χ1n) is 9.37. The van der Waals surface area contributed by atoms with E-state index in [0.717, 1.165) is 11.1 Å². The van der Waals surface area contributed by atoms with Crippen LogP contribution >= 0.6 is 0 Å². The molecule has 2 fully saturated rings. The summed E-state index contributed by atoms with van der Waals surface area (Å²) < 4.78 is 17.2. The van der Waals surface area contributed by atoms with Gasteiger partial charge < -0.3 is 14.2 Å². The standard InChI is InChI=1S/C23H24O5/c1-15(24)26-18-13-9-12-17(14-18)21(3)23(5,28-21)19(25)22(4)20(2,27-22)16-10-7-6-8-11-16/h6-14H,1-5H3. The lowest BCUT2D eigenvalue weighted by atomic mass is 9.77. The highest BCUT2D eigenvalue weighted by molar-refractivity contribution is 6.01. The number of ketones is 1. The normalized spacial score (nSPS) is 35.9. The maximum absolute atomic E-state index is 13.5. The summed E-state index contributed by atoms with van der Waals surface area (Å²) in [5.41, 5.74) is -1.73. The second kappa shape index (κ2) is 5.75. The highest BCUT2D eigenvalue weighted by Gasteiger charge is 2.80. The molecular formula is C23H24O5. The van der Waals surface area contributed by atoms with E-state index in [9.17, 15) is 9.59 Å². The Bertz CT molecular complexity index is 970. The minimum absolute atomic E-state index is 0.0910. The van der Waals surface area contributed by atoms with Crippen molar-refractivity contribution in [1.29, 1.82) is 0 Å². The highest BCUT2D eigenvalue weighted by Crippen LogP contribution is 2.64. The van der Waals surface area contributed by atoms with Crippen molar-refractivity contribution in [1.82, 2.24) is 0 Å². The van der Waals surface area contributed by atoms with Gasteiger partial charge in [-0.2, -0.15) is 0 Å². The predicted molar refractivity (Wildman–Crippen MR) is 103 cm³/mol. The zero-order valence-corrected chi connectivity index (χ0v) is 16.7. The van der Waals surface area contributed by atoms with Crippen molar-refractivity contribution in [3.8, 4) is 5.75 Å². The minimum atomic E-state index is -1.02. The van der Waals surface area contributed by atoms with E-state index in [0.29, 0.717) is 5.75 Å². The summed E-state index contributed by atoms with van der Waals surface area (Å²) in [4.78, 5) is 24.8. The van der Waals surface area contributed by atoms with E-state index in [-0.39, 0.29) is 5.78 Å². The van der Waals surface area contributed by atoms with Gasteiger partial charge in [0.05, 0.1) is 0 Å². The van der Waals surface area contributed by atoms with Crippen LogP contribution in [0.25, 0.3) is 0 Å². The third-order valence-corrected chi connectivity index (χ3v) is 6.39. The molecule has 2 saturated heterocycles. The number of rotatable bonds is 5. The number of epoxide rings is 2. The summed E-state index contributed by atoms with van der Waals surface area (Å²) in [6.07, 6.45) is 0. The first-order chi connectivity index (χ1) is 13.1. The number of carbonyl (C=O) groups is 2. The van der Waals surface area contributed by atoms with Gasteiger partial charge in [-0.05, 0) is 51.0 Å². The fourth-order valence-electron chi connectivity index (χ4n) is 4.19. The topological polar surface area (TPSA) is 68.4 Å². The Morgan fingerprint density at radius 1 is 0.786 bits per heavy atom. The number of hydrogen-bond donors (Lipinski definition) is 0. The Morgan fingerprint density at radius 2 is 1.32 bits per heavy atom. The molecule has 28 heavy (non-hydrogen) atoms. The molecule has 4 atom stereocenters. The van der Waals surface area contributed by atoms with Crippen LogP contribution in [-0.2, 0) is 30.3 Å². The van der Waals surface area contributed by atoms with Gasteiger partial charge in [0.25, 0.3) is 0 Å². The van der Waals surface area contributed by atoms with Gasteiger partial charge in [-0.15, -0.1) is 0 Å². The number of Topliss-reactive ketones (excluding diaryl/α,β-unsaturated/α-hetero) is 1. The Balaban J connectivity index is 1.61. The molecule has 2 heterocycles. The molecule has 2 aromatic rings. The Kier molecular flexibility index (Phi) is 3.87. The third kappa shape index (κ3) is 2.46. The second-order valence-electron chi connectivity index (χ2n) is 8.15. The van der Waals surface area contributed by atoms with E-state index in [1.54, 1.807) is 25.1 Å². The zero-order chi connectivity index (χ0) is 20.4. The van der Waals surface area contributed by atoms with Crippen LogP contribution in [0, 0.1) is 0 Å². The molecule has 0 spiro atoms. The lowest BCUT2D eigenvalue weighted by Gasteiger charge is -2.18. The Morgan fingerprint density at radius 3 is 1.89 bits per heavy atom. The van der Waals surface area contributed by atoms with Gasteiger partial charge in [0.2, 0.25) is 5.78 Å². The van der Waals surface area contributed by atoms with Gasteiger partial charge in [0.1, 0.15) is 17.0 Å². The lowest BCUT2D eigenvalue weighted by molar-refractivity contribution is -0.132. The molecule has 5 heteroatoms. The van der Waals surface area contributed by atoms with Crippen molar-refractivity contribution >= 4 is 11.8 Å². The van der Waals surface area contributed by atoms with Crippen LogP contribution < -0.4 is 4.74 Å². The smallest absolute Gasteiger partial charge is 0.308 e. The molecule has 0 aromatic heterocycles. The molecule has 5 nitrogen and oxygen atoms in total. The number of hydrogen-bond acceptors (Lipinski definition) is 5. The zero-order valence-electron chi connectivity index (χ0n) is 16.7. The molecule has 2 aliphatic heterocycles. The van der Waals surface area contributed by atoms with Crippen LogP contribution in [0.2, 0.25) is 0 Å². The van der Waals surface area contributed by atoms with Crippen LogP contribution in [0.3, 0.4) is 0 Å². The van der Waals surface area contributed by atoms with E-state index < -0.39 is 28.4 Å². The highest BCUT2D eigenvalue weighted by atomic mass is 16.7. The van der Waals surface area contributed by atoms with Gasteiger partial charge in [-0.1, -0.05) is 42.5 Å².